The van der Waals surface area contributed by atoms with Crippen molar-refractivity contribution < 1.29 is 14.3 Å². The van der Waals surface area contributed by atoms with Crippen LogP contribution in [0.1, 0.15) is 30.0 Å². The van der Waals surface area contributed by atoms with E-state index in [1.807, 2.05) is 19.9 Å². The fourth-order valence-corrected chi connectivity index (χ4v) is 2.02. The van der Waals surface area contributed by atoms with Gasteiger partial charge in [-0.25, -0.2) is 0 Å². The van der Waals surface area contributed by atoms with Crippen LogP contribution in [-0.2, 0) is 16.1 Å². The summed E-state index contributed by atoms with van der Waals surface area (Å²) in [5, 5.41) is 0. The van der Waals surface area contributed by atoms with Gasteiger partial charge in [0.15, 0.2) is 0 Å². The van der Waals surface area contributed by atoms with Gasteiger partial charge in [0.1, 0.15) is 11.5 Å². The first kappa shape index (κ1) is 15.2. The van der Waals surface area contributed by atoms with Crippen molar-refractivity contribution in [1.29, 1.82) is 0 Å². The van der Waals surface area contributed by atoms with E-state index in [1.165, 1.54) is 6.92 Å². The molecule has 0 bridgehead atoms. The number of methoxy groups -OCH3 is 1. The number of aryl methyl sites for hydroxylation is 2. The summed E-state index contributed by atoms with van der Waals surface area (Å²) in [7, 11) is 3.32. The zero-order valence-electron chi connectivity index (χ0n) is 12.2. The molecule has 0 heterocycles. The third-order valence-electron chi connectivity index (χ3n) is 3.02. The molecule has 0 aliphatic carbocycles. The molecule has 19 heavy (non-hydrogen) atoms. The Hall–Kier alpha value is -1.84. The van der Waals surface area contributed by atoms with Gasteiger partial charge in [-0.15, -0.1) is 0 Å². The van der Waals surface area contributed by atoms with Crippen LogP contribution in [0.5, 0.6) is 5.75 Å². The summed E-state index contributed by atoms with van der Waals surface area (Å²) in [5.41, 5.74) is 3.18. The minimum Gasteiger partial charge on any atom is -0.496 e. The molecule has 0 aliphatic rings. The number of amides is 1. The van der Waals surface area contributed by atoms with Crippen LogP contribution >= 0.6 is 0 Å². The van der Waals surface area contributed by atoms with Crippen LogP contribution < -0.4 is 4.74 Å². The van der Waals surface area contributed by atoms with Gasteiger partial charge in [-0.1, -0.05) is 6.07 Å². The quantitative estimate of drug-likeness (QED) is 0.765. The number of ketones is 1. The van der Waals surface area contributed by atoms with E-state index in [-0.39, 0.29) is 18.1 Å². The van der Waals surface area contributed by atoms with Gasteiger partial charge in [0, 0.05) is 19.2 Å². The third-order valence-corrected chi connectivity index (χ3v) is 3.02. The molecule has 0 N–H and O–H groups in total. The molecule has 0 unspecified atom stereocenters. The van der Waals surface area contributed by atoms with Crippen LogP contribution in [0.3, 0.4) is 0 Å². The predicted molar refractivity (Wildman–Crippen MR) is 74.2 cm³/mol. The second-order valence-electron chi connectivity index (χ2n) is 4.89. The highest BCUT2D eigenvalue weighted by Crippen LogP contribution is 2.25. The lowest BCUT2D eigenvalue weighted by atomic mass is 10.0. The Morgan fingerprint density at radius 2 is 1.89 bits per heavy atom. The smallest absolute Gasteiger partial charge is 0.230 e. The SMILES string of the molecule is COc1cc(C)cc(C)c1CN(C)C(=O)CC(C)=O. The standard InChI is InChI=1S/C15H21NO3/c1-10-6-11(2)13(14(7-10)19-5)9-16(4)15(18)8-12(3)17/h6-7H,8-9H2,1-5H3. The largest absolute Gasteiger partial charge is 0.496 e. The van der Waals surface area contributed by atoms with Crippen LogP contribution in [0.2, 0.25) is 0 Å². The lowest BCUT2D eigenvalue weighted by Gasteiger charge is -2.20. The van der Waals surface area contributed by atoms with Crippen molar-refractivity contribution in [3.63, 3.8) is 0 Å². The number of Topliss-reactive ketones (excluding diaryl/α,β-unsaturated/α-hetero) is 1. The zero-order chi connectivity index (χ0) is 14.6. The first-order valence-electron chi connectivity index (χ1n) is 6.22. The van der Waals surface area contributed by atoms with Crippen LogP contribution in [0, 0.1) is 13.8 Å². The van der Waals surface area contributed by atoms with E-state index in [1.54, 1.807) is 19.1 Å². The molecule has 4 heteroatoms. The Morgan fingerprint density at radius 3 is 2.42 bits per heavy atom. The fourth-order valence-electron chi connectivity index (χ4n) is 2.02. The van der Waals surface area contributed by atoms with Gasteiger partial charge in [0.2, 0.25) is 5.91 Å². The van der Waals surface area contributed by atoms with E-state index in [2.05, 4.69) is 6.07 Å². The second kappa shape index (κ2) is 6.36. The molecule has 1 rings (SSSR count). The summed E-state index contributed by atoms with van der Waals surface area (Å²) in [5.74, 6) is 0.485. The van der Waals surface area contributed by atoms with Gasteiger partial charge in [-0.2, -0.15) is 0 Å². The van der Waals surface area contributed by atoms with Crippen LogP contribution in [0.25, 0.3) is 0 Å². The van der Waals surface area contributed by atoms with Gasteiger partial charge in [0.25, 0.3) is 0 Å². The van der Waals surface area contributed by atoms with Crippen molar-refractivity contribution in [3.8, 4) is 5.75 Å². The van der Waals surface area contributed by atoms with Crippen LogP contribution in [-0.4, -0.2) is 30.7 Å². The van der Waals surface area contributed by atoms with E-state index in [4.69, 9.17) is 4.74 Å². The molecule has 0 saturated carbocycles. The number of nitrogens with zero attached hydrogens (tertiary/aromatic N) is 1. The Morgan fingerprint density at radius 1 is 1.26 bits per heavy atom. The first-order chi connectivity index (χ1) is 8.85. The van der Waals surface area contributed by atoms with E-state index in [9.17, 15) is 9.59 Å². The van der Waals surface area contributed by atoms with Gasteiger partial charge < -0.3 is 9.64 Å². The summed E-state index contributed by atoms with van der Waals surface area (Å²) in [4.78, 5) is 24.3. The van der Waals surface area contributed by atoms with Crippen molar-refractivity contribution in [2.75, 3.05) is 14.2 Å². The Labute approximate surface area is 114 Å². The van der Waals surface area contributed by atoms with Crippen LogP contribution in [0.15, 0.2) is 12.1 Å². The number of ether oxygens (including phenoxy) is 1. The van der Waals surface area contributed by atoms with Gasteiger partial charge in [-0.05, 0) is 38.0 Å². The molecular formula is C15H21NO3. The molecule has 0 atom stereocenters. The number of hydrogen-bond acceptors (Lipinski definition) is 3. The number of carbonyl (C=O) groups excluding carboxylic acids is 2. The number of benzene rings is 1. The summed E-state index contributed by atoms with van der Waals surface area (Å²) in [6, 6.07) is 4.01. The number of carbonyl (C=O) groups is 2. The topological polar surface area (TPSA) is 46.6 Å². The van der Waals surface area contributed by atoms with Crippen molar-refractivity contribution in [1.82, 2.24) is 4.90 Å². The maximum Gasteiger partial charge on any atom is 0.230 e. The molecule has 0 fully saturated rings. The van der Waals surface area contributed by atoms with E-state index in [0.717, 1.165) is 22.4 Å². The first-order valence-corrected chi connectivity index (χ1v) is 6.22. The molecule has 0 spiro atoms. The number of hydrogen-bond donors (Lipinski definition) is 0. The molecular weight excluding hydrogens is 242 g/mol. The highest BCUT2D eigenvalue weighted by Gasteiger charge is 2.15. The lowest BCUT2D eigenvalue weighted by molar-refractivity contribution is -0.134. The van der Waals surface area contributed by atoms with Crippen molar-refractivity contribution in [2.45, 2.75) is 33.7 Å². The molecule has 0 saturated heterocycles. The number of rotatable bonds is 5. The maximum absolute atomic E-state index is 11.8. The summed E-state index contributed by atoms with van der Waals surface area (Å²) >= 11 is 0. The Kier molecular flexibility index (Phi) is 5.10. The van der Waals surface area contributed by atoms with E-state index in [0.29, 0.717) is 6.54 Å². The monoisotopic (exact) mass is 263 g/mol. The van der Waals surface area contributed by atoms with Gasteiger partial charge >= 0.3 is 0 Å². The highest BCUT2D eigenvalue weighted by molar-refractivity contribution is 5.96. The lowest BCUT2D eigenvalue weighted by Crippen LogP contribution is -2.28. The van der Waals surface area contributed by atoms with Crippen molar-refractivity contribution in [3.05, 3.63) is 28.8 Å². The normalized spacial score (nSPS) is 10.2. The average Bonchev–Trinajstić information content (AvgIpc) is 2.30. The summed E-state index contributed by atoms with van der Waals surface area (Å²) in [6.45, 7) is 5.86. The van der Waals surface area contributed by atoms with E-state index < -0.39 is 0 Å². The van der Waals surface area contributed by atoms with E-state index >= 15 is 0 Å². The molecule has 4 nitrogen and oxygen atoms in total. The third kappa shape index (κ3) is 4.09. The molecule has 0 radical (unpaired) electrons. The van der Waals surface area contributed by atoms with Crippen LogP contribution in [0.4, 0.5) is 0 Å². The van der Waals surface area contributed by atoms with Crippen molar-refractivity contribution >= 4 is 11.7 Å². The fraction of sp³-hybridized carbons (Fsp3) is 0.467. The Bertz CT molecular complexity index is 494. The Balaban J connectivity index is 2.93. The second-order valence-corrected chi connectivity index (χ2v) is 4.89. The molecule has 0 aromatic heterocycles. The van der Waals surface area contributed by atoms with Gasteiger partial charge in [0.05, 0.1) is 13.5 Å². The molecule has 1 amide bonds. The minimum atomic E-state index is -0.172. The molecule has 1 aromatic rings. The predicted octanol–water partition coefficient (Wildman–Crippen LogP) is 2.25. The van der Waals surface area contributed by atoms with Crippen molar-refractivity contribution in [2.24, 2.45) is 0 Å². The maximum atomic E-state index is 11.8. The zero-order valence-corrected chi connectivity index (χ0v) is 12.2. The molecule has 1 aromatic carbocycles. The summed E-state index contributed by atoms with van der Waals surface area (Å²) < 4.78 is 5.36. The average molecular weight is 263 g/mol. The van der Waals surface area contributed by atoms with Gasteiger partial charge in [-0.3, -0.25) is 9.59 Å². The summed E-state index contributed by atoms with van der Waals surface area (Å²) in [6.07, 6.45) is -0.0519. The minimum absolute atomic E-state index is 0.0519. The highest BCUT2D eigenvalue weighted by atomic mass is 16.5. The molecule has 104 valence electrons. The molecule has 0 aliphatic heterocycles.